The van der Waals surface area contributed by atoms with Crippen LogP contribution in [0.5, 0.6) is 0 Å². The maximum absolute atomic E-state index is 12.9. The predicted molar refractivity (Wildman–Crippen MR) is 76.8 cm³/mol. The summed E-state index contributed by atoms with van der Waals surface area (Å²) in [5, 5.41) is 11.8. The molecule has 2 rings (SSSR count). The van der Waals surface area contributed by atoms with E-state index in [4.69, 9.17) is 16.7 Å². The number of benzene rings is 1. The van der Waals surface area contributed by atoms with Crippen molar-refractivity contribution in [1.82, 2.24) is 4.90 Å². The molecule has 0 aliphatic carbocycles. The smallest absolute Gasteiger partial charge is 0.308 e. The Balaban J connectivity index is 1.92. The molecule has 1 fully saturated rings. The summed E-state index contributed by atoms with van der Waals surface area (Å²) >= 11 is 5.83. The molecule has 1 aliphatic heterocycles. The van der Waals surface area contributed by atoms with Crippen LogP contribution in [0.4, 0.5) is 10.1 Å². The second-order valence-electron chi connectivity index (χ2n) is 5.29. The Morgan fingerprint density at radius 1 is 1.48 bits per heavy atom. The third-order valence-corrected chi connectivity index (χ3v) is 3.89. The molecule has 2 atom stereocenters. The number of hydrogen-bond donors (Lipinski definition) is 2. The number of likely N-dealkylation sites (tertiary alicyclic amines) is 1. The Kier molecular flexibility index (Phi) is 4.80. The molecule has 0 radical (unpaired) electrons. The quantitative estimate of drug-likeness (QED) is 0.892. The highest BCUT2D eigenvalue weighted by Crippen LogP contribution is 2.24. The van der Waals surface area contributed by atoms with Gasteiger partial charge in [0.25, 0.3) is 0 Å². The van der Waals surface area contributed by atoms with E-state index in [-0.39, 0.29) is 23.4 Å². The molecular weight excluding hydrogens is 299 g/mol. The Labute approximate surface area is 126 Å². The molecule has 1 heterocycles. The van der Waals surface area contributed by atoms with E-state index in [0.29, 0.717) is 18.8 Å². The number of nitrogens with one attached hydrogen (secondary N) is 1. The molecule has 114 valence electrons. The van der Waals surface area contributed by atoms with E-state index in [1.54, 1.807) is 4.90 Å². The van der Waals surface area contributed by atoms with Gasteiger partial charge >= 0.3 is 5.97 Å². The Bertz CT molecular complexity index is 567. The van der Waals surface area contributed by atoms with E-state index >= 15 is 0 Å². The lowest BCUT2D eigenvalue weighted by Gasteiger charge is -2.15. The third-order valence-electron chi connectivity index (χ3n) is 3.58. The first-order chi connectivity index (χ1) is 9.86. The summed E-state index contributed by atoms with van der Waals surface area (Å²) in [6.07, 6.45) is 0. The Hall–Kier alpha value is -1.66. The third kappa shape index (κ3) is 3.92. The number of hydrogen-bond acceptors (Lipinski definition) is 3. The van der Waals surface area contributed by atoms with Crippen molar-refractivity contribution in [3.63, 3.8) is 0 Å². The highest BCUT2D eigenvalue weighted by atomic mass is 35.5. The summed E-state index contributed by atoms with van der Waals surface area (Å²) in [5.74, 6) is -2.07. The zero-order chi connectivity index (χ0) is 15.6. The molecule has 5 nitrogen and oxygen atoms in total. The van der Waals surface area contributed by atoms with E-state index < -0.39 is 17.7 Å². The lowest BCUT2D eigenvalue weighted by Crippen LogP contribution is -2.32. The summed E-state index contributed by atoms with van der Waals surface area (Å²) in [7, 11) is 0. The van der Waals surface area contributed by atoms with Crippen LogP contribution in [-0.2, 0) is 9.59 Å². The number of halogens is 2. The van der Waals surface area contributed by atoms with Crippen LogP contribution in [-0.4, -0.2) is 41.5 Å². The van der Waals surface area contributed by atoms with E-state index in [1.807, 2.05) is 6.92 Å². The van der Waals surface area contributed by atoms with Gasteiger partial charge in [-0.2, -0.15) is 0 Å². The van der Waals surface area contributed by atoms with Crippen molar-refractivity contribution in [2.24, 2.45) is 11.8 Å². The molecule has 0 aromatic heterocycles. The molecule has 1 aliphatic rings. The summed E-state index contributed by atoms with van der Waals surface area (Å²) in [6.45, 7) is 2.85. The molecule has 0 bridgehead atoms. The zero-order valence-corrected chi connectivity index (χ0v) is 12.2. The maximum Gasteiger partial charge on any atom is 0.308 e. The van der Waals surface area contributed by atoms with Crippen molar-refractivity contribution < 1.29 is 19.1 Å². The molecule has 1 saturated heterocycles. The summed E-state index contributed by atoms with van der Waals surface area (Å²) < 4.78 is 12.9. The normalized spacial score (nSPS) is 22.2. The number of aliphatic carboxylic acids is 1. The number of anilines is 1. The average molecular weight is 315 g/mol. The minimum Gasteiger partial charge on any atom is -0.481 e. The highest BCUT2D eigenvalue weighted by molar-refractivity contribution is 6.33. The molecule has 1 aromatic rings. The van der Waals surface area contributed by atoms with Gasteiger partial charge in [-0.05, 0) is 24.1 Å². The van der Waals surface area contributed by atoms with Crippen molar-refractivity contribution in [3.8, 4) is 0 Å². The van der Waals surface area contributed by atoms with Gasteiger partial charge < -0.3 is 10.4 Å². The van der Waals surface area contributed by atoms with E-state index in [0.717, 1.165) is 6.07 Å². The molecule has 2 unspecified atom stereocenters. The molecule has 7 heteroatoms. The van der Waals surface area contributed by atoms with Gasteiger partial charge in [0.1, 0.15) is 5.82 Å². The number of carbonyl (C=O) groups excluding carboxylic acids is 1. The fourth-order valence-corrected chi connectivity index (χ4v) is 2.72. The fraction of sp³-hybridized carbons (Fsp3) is 0.429. The van der Waals surface area contributed by atoms with Crippen LogP contribution in [0.15, 0.2) is 18.2 Å². The number of carboxylic acid groups (broad SMARTS) is 1. The minimum atomic E-state index is -0.841. The van der Waals surface area contributed by atoms with Crippen LogP contribution in [0.2, 0.25) is 5.02 Å². The van der Waals surface area contributed by atoms with Crippen molar-refractivity contribution >= 4 is 29.2 Å². The number of rotatable bonds is 4. The topological polar surface area (TPSA) is 69.6 Å². The first-order valence-corrected chi connectivity index (χ1v) is 6.94. The molecule has 0 spiro atoms. The van der Waals surface area contributed by atoms with Gasteiger partial charge in [-0.25, -0.2) is 4.39 Å². The monoisotopic (exact) mass is 314 g/mol. The SMILES string of the molecule is CC1CN(CC(=O)Nc2ccc(F)cc2Cl)CC1C(=O)O. The Morgan fingerprint density at radius 2 is 2.19 bits per heavy atom. The minimum absolute atomic E-state index is 0.00436. The lowest BCUT2D eigenvalue weighted by atomic mass is 9.99. The van der Waals surface area contributed by atoms with Gasteiger partial charge in [0.05, 0.1) is 23.2 Å². The number of amides is 1. The van der Waals surface area contributed by atoms with Gasteiger partial charge in [0.2, 0.25) is 5.91 Å². The second kappa shape index (κ2) is 6.41. The number of carboxylic acids is 1. The highest BCUT2D eigenvalue weighted by Gasteiger charge is 2.35. The van der Waals surface area contributed by atoms with Crippen LogP contribution in [0.3, 0.4) is 0 Å². The first kappa shape index (κ1) is 15.7. The molecular formula is C14H16ClFN2O3. The van der Waals surface area contributed by atoms with Crippen molar-refractivity contribution in [3.05, 3.63) is 29.0 Å². The summed E-state index contributed by atoms with van der Waals surface area (Å²) in [4.78, 5) is 24.8. The van der Waals surface area contributed by atoms with E-state index in [1.165, 1.54) is 12.1 Å². The first-order valence-electron chi connectivity index (χ1n) is 6.57. The van der Waals surface area contributed by atoms with Gasteiger partial charge in [-0.1, -0.05) is 18.5 Å². The molecule has 0 saturated carbocycles. The van der Waals surface area contributed by atoms with Crippen molar-refractivity contribution in [2.45, 2.75) is 6.92 Å². The number of nitrogens with zero attached hydrogens (tertiary/aromatic N) is 1. The predicted octanol–water partition coefficient (Wildman–Crippen LogP) is 2.07. The van der Waals surface area contributed by atoms with Crippen LogP contribution in [0, 0.1) is 17.7 Å². The summed E-state index contributed by atoms with van der Waals surface area (Å²) in [5.41, 5.74) is 0.338. The maximum atomic E-state index is 12.9. The van der Waals surface area contributed by atoms with Crippen LogP contribution in [0.1, 0.15) is 6.92 Å². The molecule has 1 amide bonds. The zero-order valence-electron chi connectivity index (χ0n) is 11.5. The van der Waals surface area contributed by atoms with E-state index in [9.17, 15) is 14.0 Å². The second-order valence-corrected chi connectivity index (χ2v) is 5.70. The Morgan fingerprint density at radius 3 is 2.76 bits per heavy atom. The van der Waals surface area contributed by atoms with E-state index in [2.05, 4.69) is 5.32 Å². The van der Waals surface area contributed by atoms with Crippen molar-refractivity contribution in [1.29, 1.82) is 0 Å². The van der Waals surface area contributed by atoms with Crippen molar-refractivity contribution in [2.75, 3.05) is 25.0 Å². The fourth-order valence-electron chi connectivity index (χ4n) is 2.50. The lowest BCUT2D eigenvalue weighted by molar-refractivity contribution is -0.142. The largest absolute Gasteiger partial charge is 0.481 e. The molecule has 1 aromatic carbocycles. The standard InChI is InChI=1S/C14H16ClFN2O3/c1-8-5-18(6-10(8)14(20)21)7-13(19)17-12-3-2-9(16)4-11(12)15/h2-4,8,10H,5-7H2,1H3,(H,17,19)(H,20,21). The van der Waals surface area contributed by atoms with Gasteiger partial charge in [-0.3, -0.25) is 14.5 Å². The molecule has 2 N–H and O–H groups in total. The van der Waals surface area contributed by atoms with Crippen LogP contribution >= 0.6 is 11.6 Å². The van der Waals surface area contributed by atoms with Crippen LogP contribution in [0.25, 0.3) is 0 Å². The van der Waals surface area contributed by atoms with Gasteiger partial charge in [-0.15, -0.1) is 0 Å². The van der Waals surface area contributed by atoms with Gasteiger partial charge in [0.15, 0.2) is 0 Å². The number of carbonyl (C=O) groups is 2. The summed E-state index contributed by atoms with van der Waals surface area (Å²) in [6, 6.07) is 3.72. The average Bonchev–Trinajstić information content (AvgIpc) is 2.74. The van der Waals surface area contributed by atoms with Crippen LogP contribution < -0.4 is 5.32 Å². The molecule has 21 heavy (non-hydrogen) atoms. The van der Waals surface area contributed by atoms with Gasteiger partial charge in [0, 0.05) is 13.1 Å².